The van der Waals surface area contributed by atoms with Crippen molar-refractivity contribution in [3.05, 3.63) is 54.4 Å². The lowest BCUT2D eigenvalue weighted by atomic mass is 10.3. The van der Waals surface area contributed by atoms with Crippen LogP contribution in [0.5, 0.6) is 11.5 Å². The van der Waals surface area contributed by atoms with E-state index in [0.29, 0.717) is 11.5 Å². The van der Waals surface area contributed by atoms with Crippen LogP contribution >= 0.6 is 0 Å². The van der Waals surface area contributed by atoms with Gasteiger partial charge in [0, 0.05) is 6.20 Å². The van der Waals surface area contributed by atoms with Gasteiger partial charge in [0.05, 0.1) is 7.11 Å². The summed E-state index contributed by atoms with van der Waals surface area (Å²) in [5.74, 6) is 0.507. The average molecular weight is 229 g/mol. The number of carbonyl (C=O) groups excluding carboxylic acids is 1. The highest BCUT2D eigenvalue weighted by molar-refractivity contribution is 5.90. The third kappa shape index (κ3) is 2.60. The number of pyridine rings is 1. The van der Waals surface area contributed by atoms with Gasteiger partial charge in [-0.05, 0) is 24.3 Å². The zero-order valence-corrected chi connectivity index (χ0v) is 9.29. The smallest absolute Gasteiger partial charge is 0.360 e. The Morgan fingerprint density at radius 3 is 2.59 bits per heavy atom. The number of hydrogen-bond donors (Lipinski definition) is 0. The summed E-state index contributed by atoms with van der Waals surface area (Å²) in [5.41, 5.74) is 0.166. The number of benzene rings is 1. The number of methoxy groups -OCH3 is 1. The first kappa shape index (κ1) is 11.1. The second-order valence-electron chi connectivity index (χ2n) is 3.26. The highest BCUT2D eigenvalue weighted by atomic mass is 16.5. The second-order valence-corrected chi connectivity index (χ2v) is 3.26. The predicted octanol–water partition coefficient (Wildman–Crippen LogP) is 2.66. The minimum atomic E-state index is -0.517. The summed E-state index contributed by atoms with van der Waals surface area (Å²) >= 11 is 0. The van der Waals surface area contributed by atoms with Gasteiger partial charge in [-0.3, -0.25) is 0 Å². The summed E-state index contributed by atoms with van der Waals surface area (Å²) in [6.45, 7) is 0. The van der Waals surface area contributed by atoms with Crippen molar-refractivity contribution < 1.29 is 14.3 Å². The van der Waals surface area contributed by atoms with Gasteiger partial charge in [0.1, 0.15) is 5.75 Å². The van der Waals surface area contributed by atoms with Crippen LogP contribution in [0.3, 0.4) is 0 Å². The van der Waals surface area contributed by atoms with Gasteiger partial charge >= 0.3 is 5.97 Å². The molecule has 4 heteroatoms. The van der Waals surface area contributed by atoms with Crippen molar-refractivity contribution in [1.29, 1.82) is 0 Å². The number of esters is 1. The van der Waals surface area contributed by atoms with Gasteiger partial charge in [0.25, 0.3) is 0 Å². The Kier molecular flexibility index (Phi) is 3.35. The van der Waals surface area contributed by atoms with Crippen LogP contribution in [-0.4, -0.2) is 18.1 Å². The van der Waals surface area contributed by atoms with Crippen LogP contribution in [0.25, 0.3) is 0 Å². The maximum absolute atomic E-state index is 11.5. The molecule has 0 amide bonds. The highest BCUT2D eigenvalue weighted by Gasteiger charge is 2.14. The fraction of sp³-hybridized carbons (Fsp3) is 0.0769. The SMILES string of the molecule is COC(=O)c1ncccc1Oc1ccccc1. The number of para-hydroxylation sites is 1. The summed E-state index contributed by atoms with van der Waals surface area (Å²) < 4.78 is 10.2. The molecule has 2 aromatic rings. The third-order valence-electron chi connectivity index (χ3n) is 2.12. The lowest BCUT2D eigenvalue weighted by Gasteiger charge is -2.08. The van der Waals surface area contributed by atoms with Gasteiger partial charge in [0.2, 0.25) is 0 Å². The minimum absolute atomic E-state index is 0.166. The van der Waals surface area contributed by atoms with E-state index in [0.717, 1.165) is 0 Å². The van der Waals surface area contributed by atoms with E-state index >= 15 is 0 Å². The number of ether oxygens (including phenoxy) is 2. The van der Waals surface area contributed by atoms with Gasteiger partial charge in [-0.1, -0.05) is 18.2 Å². The molecule has 0 unspecified atom stereocenters. The van der Waals surface area contributed by atoms with Crippen molar-refractivity contribution >= 4 is 5.97 Å². The van der Waals surface area contributed by atoms with Crippen molar-refractivity contribution in [1.82, 2.24) is 4.98 Å². The van der Waals surface area contributed by atoms with Gasteiger partial charge < -0.3 is 9.47 Å². The predicted molar refractivity (Wildman–Crippen MR) is 62.1 cm³/mol. The number of aromatic nitrogens is 1. The zero-order valence-electron chi connectivity index (χ0n) is 9.29. The van der Waals surface area contributed by atoms with Crippen LogP contribution in [0.1, 0.15) is 10.5 Å². The van der Waals surface area contributed by atoms with E-state index < -0.39 is 5.97 Å². The molecule has 0 aliphatic heterocycles. The molecule has 0 spiro atoms. The van der Waals surface area contributed by atoms with Crippen LogP contribution < -0.4 is 4.74 Å². The van der Waals surface area contributed by atoms with Crippen molar-refractivity contribution in [2.45, 2.75) is 0 Å². The fourth-order valence-electron chi connectivity index (χ4n) is 1.34. The molecule has 1 aromatic carbocycles. The quantitative estimate of drug-likeness (QED) is 0.759. The molecule has 1 heterocycles. The fourth-order valence-corrected chi connectivity index (χ4v) is 1.34. The molecule has 0 radical (unpaired) electrons. The van der Waals surface area contributed by atoms with E-state index in [1.165, 1.54) is 13.3 Å². The summed E-state index contributed by atoms with van der Waals surface area (Å²) in [4.78, 5) is 15.4. The van der Waals surface area contributed by atoms with Gasteiger partial charge in [-0.2, -0.15) is 0 Å². The summed E-state index contributed by atoms with van der Waals surface area (Å²) in [6.07, 6.45) is 1.52. The molecule has 0 saturated heterocycles. The normalized spacial score (nSPS) is 9.71. The van der Waals surface area contributed by atoms with Gasteiger partial charge in [0.15, 0.2) is 11.4 Å². The van der Waals surface area contributed by atoms with Crippen LogP contribution in [0.2, 0.25) is 0 Å². The Bertz CT molecular complexity index is 511. The number of nitrogens with zero attached hydrogens (tertiary/aromatic N) is 1. The van der Waals surface area contributed by atoms with Crippen LogP contribution in [0.4, 0.5) is 0 Å². The van der Waals surface area contributed by atoms with Crippen molar-refractivity contribution in [2.75, 3.05) is 7.11 Å². The van der Waals surface area contributed by atoms with E-state index in [-0.39, 0.29) is 5.69 Å². The standard InChI is InChI=1S/C13H11NO3/c1-16-13(15)12-11(8-5-9-14-12)17-10-6-3-2-4-7-10/h2-9H,1H3. The topological polar surface area (TPSA) is 48.4 Å². The van der Waals surface area contributed by atoms with Gasteiger partial charge in [-0.15, -0.1) is 0 Å². The van der Waals surface area contributed by atoms with E-state index in [1.807, 2.05) is 18.2 Å². The Morgan fingerprint density at radius 1 is 1.12 bits per heavy atom. The van der Waals surface area contributed by atoms with Crippen molar-refractivity contribution in [3.63, 3.8) is 0 Å². The summed E-state index contributed by atoms with van der Waals surface area (Å²) in [7, 11) is 1.31. The molecule has 0 saturated carbocycles. The van der Waals surface area contributed by atoms with E-state index in [9.17, 15) is 4.79 Å². The maximum Gasteiger partial charge on any atom is 0.360 e. The van der Waals surface area contributed by atoms with Crippen molar-refractivity contribution in [3.8, 4) is 11.5 Å². The second kappa shape index (κ2) is 5.12. The molecule has 86 valence electrons. The molecular formula is C13H11NO3. The van der Waals surface area contributed by atoms with Crippen molar-refractivity contribution in [2.24, 2.45) is 0 Å². The van der Waals surface area contributed by atoms with Crippen LogP contribution in [0.15, 0.2) is 48.7 Å². The lowest BCUT2D eigenvalue weighted by molar-refractivity contribution is 0.0591. The Labute approximate surface area is 98.8 Å². The molecule has 17 heavy (non-hydrogen) atoms. The first-order valence-electron chi connectivity index (χ1n) is 5.07. The van der Waals surface area contributed by atoms with E-state index in [1.54, 1.807) is 24.3 Å². The first-order valence-corrected chi connectivity index (χ1v) is 5.07. The Balaban J connectivity index is 2.30. The van der Waals surface area contributed by atoms with Crippen LogP contribution in [0, 0.1) is 0 Å². The molecule has 0 atom stereocenters. The highest BCUT2D eigenvalue weighted by Crippen LogP contribution is 2.23. The molecular weight excluding hydrogens is 218 g/mol. The first-order chi connectivity index (χ1) is 8.31. The minimum Gasteiger partial charge on any atom is -0.464 e. The molecule has 0 bridgehead atoms. The van der Waals surface area contributed by atoms with E-state index in [2.05, 4.69) is 9.72 Å². The van der Waals surface area contributed by atoms with Gasteiger partial charge in [-0.25, -0.2) is 9.78 Å². The molecule has 1 aromatic heterocycles. The zero-order chi connectivity index (χ0) is 12.1. The average Bonchev–Trinajstić information content (AvgIpc) is 2.40. The molecule has 0 aliphatic carbocycles. The maximum atomic E-state index is 11.5. The molecule has 0 aliphatic rings. The number of rotatable bonds is 3. The Morgan fingerprint density at radius 2 is 1.88 bits per heavy atom. The third-order valence-corrected chi connectivity index (χ3v) is 2.12. The molecule has 4 nitrogen and oxygen atoms in total. The largest absolute Gasteiger partial charge is 0.464 e. The lowest BCUT2D eigenvalue weighted by Crippen LogP contribution is -2.06. The molecule has 0 N–H and O–H groups in total. The molecule has 0 fully saturated rings. The number of carbonyl (C=O) groups is 1. The number of hydrogen-bond acceptors (Lipinski definition) is 4. The summed E-state index contributed by atoms with van der Waals surface area (Å²) in [6, 6.07) is 12.6. The van der Waals surface area contributed by atoms with E-state index in [4.69, 9.17) is 4.74 Å². The Hall–Kier alpha value is -2.36. The monoisotopic (exact) mass is 229 g/mol. The molecule has 2 rings (SSSR count). The van der Waals surface area contributed by atoms with Crippen LogP contribution in [-0.2, 0) is 4.74 Å². The summed E-state index contributed by atoms with van der Waals surface area (Å²) in [5, 5.41) is 0.